The van der Waals surface area contributed by atoms with E-state index in [0.717, 1.165) is 25.0 Å². The maximum Gasteiger partial charge on any atom is 0.220 e. The number of carbonyl (C=O) groups excluding carboxylic acids is 2. The molecular weight excluding hydrogens is 214 g/mol. The average Bonchev–Trinajstić information content (AvgIpc) is 2.19. The van der Waals surface area contributed by atoms with E-state index in [1.54, 1.807) is 6.92 Å². The van der Waals surface area contributed by atoms with Crippen molar-refractivity contribution in [3.05, 3.63) is 0 Å². The van der Waals surface area contributed by atoms with Gasteiger partial charge in [-0.3, -0.25) is 9.59 Å². The highest BCUT2D eigenvalue weighted by atomic mass is 32.2. The van der Waals surface area contributed by atoms with Gasteiger partial charge in [0, 0.05) is 25.6 Å². The minimum absolute atomic E-state index is 0.0109. The van der Waals surface area contributed by atoms with Gasteiger partial charge in [-0.2, -0.15) is 0 Å². The number of amides is 1. The van der Waals surface area contributed by atoms with E-state index in [1.165, 1.54) is 11.8 Å². The first-order valence-corrected chi connectivity index (χ1v) is 6.16. The molecule has 0 aliphatic carbocycles. The Bertz CT molecular complexity index is 197. The number of aliphatic hydroxyl groups is 1. The lowest BCUT2D eigenvalue weighted by atomic mass is 10.2. The van der Waals surface area contributed by atoms with Crippen molar-refractivity contribution in [2.45, 2.75) is 32.6 Å². The molecule has 88 valence electrons. The Kier molecular flexibility index (Phi) is 9.62. The van der Waals surface area contributed by atoms with Crippen molar-refractivity contribution in [3.63, 3.8) is 0 Å². The highest BCUT2D eigenvalue weighted by Gasteiger charge is 2.00. The first kappa shape index (κ1) is 14.5. The lowest BCUT2D eigenvalue weighted by Crippen LogP contribution is -2.25. The summed E-state index contributed by atoms with van der Waals surface area (Å²) >= 11 is 1.33. The first-order chi connectivity index (χ1) is 7.16. The number of aliphatic hydroxyl groups excluding tert-OH is 1. The van der Waals surface area contributed by atoms with Gasteiger partial charge >= 0.3 is 0 Å². The lowest BCUT2D eigenvalue weighted by Gasteiger charge is -2.02. The van der Waals surface area contributed by atoms with Crippen LogP contribution in [0.2, 0.25) is 0 Å². The van der Waals surface area contributed by atoms with Crippen LogP contribution in [0.15, 0.2) is 0 Å². The summed E-state index contributed by atoms with van der Waals surface area (Å²) in [6.07, 6.45) is 3.28. The van der Waals surface area contributed by atoms with Gasteiger partial charge in [-0.15, -0.1) is 0 Å². The number of nitrogens with one attached hydrogen (secondary N) is 1. The Morgan fingerprint density at radius 1 is 1.27 bits per heavy atom. The number of hydrogen-bond donors (Lipinski definition) is 2. The van der Waals surface area contributed by atoms with Crippen molar-refractivity contribution in [2.24, 2.45) is 0 Å². The number of hydrogen-bond acceptors (Lipinski definition) is 4. The number of rotatable bonds is 8. The average molecular weight is 233 g/mol. The van der Waals surface area contributed by atoms with E-state index in [1.807, 2.05) is 0 Å². The number of unbranched alkanes of at least 4 members (excludes halogenated alkanes) is 2. The molecule has 0 aliphatic heterocycles. The minimum atomic E-state index is -0.0129. The van der Waals surface area contributed by atoms with Gasteiger partial charge in [-0.1, -0.05) is 18.2 Å². The van der Waals surface area contributed by atoms with Crippen molar-refractivity contribution < 1.29 is 14.7 Å². The van der Waals surface area contributed by atoms with Crippen molar-refractivity contribution in [1.82, 2.24) is 5.32 Å². The summed E-state index contributed by atoms with van der Waals surface area (Å²) in [5.74, 6) is 0.830. The second kappa shape index (κ2) is 9.98. The van der Waals surface area contributed by atoms with Gasteiger partial charge in [-0.05, 0) is 12.8 Å². The standard InChI is InChI=1S/C10H19NO3S/c1-9(13)15-8-4-2-3-5-10(14)11-6-7-12/h12H,2-8H2,1H3,(H,11,14). The molecule has 15 heavy (non-hydrogen) atoms. The van der Waals surface area contributed by atoms with Crippen LogP contribution in [0.4, 0.5) is 0 Å². The Morgan fingerprint density at radius 3 is 2.60 bits per heavy atom. The van der Waals surface area contributed by atoms with Crippen molar-refractivity contribution in [1.29, 1.82) is 0 Å². The molecule has 0 aromatic heterocycles. The Morgan fingerprint density at radius 2 is 2.00 bits per heavy atom. The van der Waals surface area contributed by atoms with Gasteiger partial charge in [0.2, 0.25) is 5.91 Å². The van der Waals surface area contributed by atoms with Crippen molar-refractivity contribution in [3.8, 4) is 0 Å². The molecule has 0 unspecified atom stereocenters. The van der Waals surface area contributed by atoms with E-state index < -0.39 is 0 Å². The molecule has 0 saturated heterocycles. The molecule has 0 bridgehead atoms. The molecule has 0 atom stereocenters. The maximum absolute atomic E-state index is 11.1. The largest absolute Gasteiger partial charge is 0.395 e. The highest BCUT2D eigenvalue weighted by Crippen LogP contribution is 2.07. The zero-order chi connectivity index (χ0) is 11.5. The fourth-order valence-corrected chi connectivity index (χ4v) is 1.70. The van der Waals surface area contributed by atoms with Gasteiger partial charge in [0.25, 0.3) is 0 Å². The van der Waals surface area contributed by atoms with Gasteiger partial charge in [0.1, 0.15) is 0 Å². The Balaban J connectivity index is 3.16. The molecule has 0 heterocycles. The smallest absolute Gasteiger partial charge is 0.220 e. The van der Waals surface area contributed by atoms with Crippen LogP contribution in [0, 0.1) is 0 Å². The van der Waals surface area contributed by atoms with Crippen LogP contribution >= 0.6 is 11.8 Å². The minimum Gasteiger partial charge on any atom is -0.395 e. The molecule has 5 heteroatoms. The van der Waals surface area contributed by atoms with Crippen LogP contribution in [-0.2, 0) is 9.59 Å². The van der Waals surface area contributed by atoms with Crippen LogP contribution in [0.3, 0.4) is 0 Å². The van der Waals surface area contributed by atoms with Gasteiger partial charge in [-0.25, -0.2) is 0 Å². The third kappa shape index (κ3) is 11.4. The summed E-state index contributed by atoms with van der Waals surface area (Å²) < 4.78 is 0. The third-order valence-corrected chi connectivity index (χ3v) is 2.69. The fourth-order valence-electron chi connectivity index (χ4n) is 1.06. The molecule has 0 aromatic rings. The van der Waals surface area contributed by atoms with Crippen LogP contribution in [0.1, 0.15) is 32.6 Å². The summed E-state index contributed by atoms with van der Waals surface area (Å²) in [5.41, 5.74) is 0. The molecule has 0 radical (unpaired) electrons. The van der Waals surface area contributed by atoms with E-state index in [-0.39, 0.29) is 17.6 Å². The molecule has 2 N–H and O–H groups in total. The maximum atomic E-state index is 11.1. The molecular formula is C10H19NO3S. The van der Waals surface area contributed by atoms with Crippen LogP contribution in [0.5, 0.6) is 0 Å². The van der Waals surface area contributed by atoms with Gasteiger partial charge in [0.15, 0.2) is 5.12 Å². The van der Waals surface area contributed by atoms with Gasteiger partial charge < -0.3 is 10.4 Å². The zero-order valence-electron chi connectivity index (χ0n) is 9.12. The summed E-state index contributed by atoms with van der Waals surface area (Å²) in [5, 5.41) is 11.2. The van der Waals surface area contributed by atoms with E-state index >= 15 is 0 Å². The Labute approximate surface area is 94.8 Å². The zero-order valence-corrected chi connectivity index (χ0v) is 9.94. The number of thioether (sulfide) groups is 1. The summed E-state index contributed by atoms with van der Waals surface area (Å²) in [6.45, 7) is 1.88. The topological polar surface area (TPSA) is 66.4 Å². The van der Waals surface area contributed by atoms with E-state index in [9.17, 15) is 9.59 Å². The van der Waals surface area contributed by atoms with Gasteiger partial charge in [0.05, 0.1) is 6.61 Å². The Hall–Kier alpha value is -0.550. The van der Waals surface area contributed by atoms with Crippen LogP contribution in [0.25, 0.3) is 0 Å². The van der Waals surface area contributed by atoms with E-state index in [0.29, 0.717) is 13.0 Å². The van der Waals surface area contributed by atoms with Crippen LogP contribution < -0.4 is 5.32 Å². The van der Waals surface area contributed by atoms with Crippen molar-refractivity contribution >= 4 is 22.8 Å². The molecule has 0 rings (SSSR count). The molecule has 1 amide bonds. The van der Waals surface area contributed by atoms with E-state index in [2.05, 4.69) is 5.32 Å². The lowest BCUT2D eigenvalue weighted by molar-refractivity contribution is -0.121. The third-order valence-electron chi connectivity index (χ3n) is 1.79. The summed E-state index contributed by atoms with van der Waals surface area (Å²) in [4.78, 5) is 21.6. The molecule has 0 fully saturated rings. The summed E-state index contributed by atoms with van der Waals surface area (Å²) in [7, 11) is 0. The van der Waals surface area contributed by atoms with Crippen molar-refractivity contribution in [2.75, 3.05) is 18.9 Å². The fraction of sp³-hybridized carbons (Fsp3) is 0.800. The molecule has 0 aromatic carbocycles. The summed E-state index contributed by atoms with van der Waals surface area (Å²) in [6, 6.07) is 0. The SMILES string of the molecule is CC(=O)SCCCCCC(=O)NCCO. The molecule has 0 saturated carbocycles. The monoisotopic (exact) mass is 233 g/mol. The quantitative estimate of drug-likeness (QED) is 0.612. The predicted octanol–water partition coefficient (Wildman–Crippen LogP) is 0.935. The molecule has 0 aliphatic rings. The second-order valence-electron chi connectivity index (χ2n) is 3.22. The van der Waals surface area contributed by atoms with Crippen LogP contribution in [-0.4, -0.2) is 35.0 Å². The first-order valence-electron chi connectivity index (χ1n) is 5.17. The van der Waals surface area contributed by atoms with E-state index in [4.69, 9.17) is 5.11 Å². The predicted molar refractivity (Wildman–Crippen MR) is 61.7 cm³/mol. The molecule has 0 spiro atoms. The molecule has 4 nitrogen and oxygen atoms in total. The number of carbonyl (C=O) groups is 2. The highest BCUT2D eigenvalue weighted by molar-refractivity contribution is 8.13. The normalized spacial score (nSPS) is 10.0. The second-order valence-corrected chi connectivity index (χ2v) is 4.50.